The number of rotatable bonds is 3. The molecule has 0 saturated heterocycles. The Balaban J connectivity index is 2.38. The molecule has 0 atom stereocenters. The van der Waals surface area contributed by atoms with E-state index in [4.69, 9.17) is 17.3 Å². The molecule has 3 heteroatoms. The van der Waals surface area contributed by atoms with Crippen molar-refractivity contribution in [3.05, 3.63) is 53.1 Å². The van der Waals surface area contributed by atoms with Crippen LogP contribution in [-0.4, -0.2) is 0 Å². The number of aryl methyl sites for hydroxylation is 1. The number of benzene rings is 2. The minimum absolute atomic E-state index is 0.635. The SMILES string of the molecule is CCc1ccccc1Nc1c(N)cccc1Cl. The third-order valence-electron chi connectivity index (χ3n) is 2.70. The number of anilines is 3. The van der Waals surface area contributed by atoms with Crippen molar-refractivity contribution in [1.82, 2.24) is 0 Å². The largest absolute Gasteiger partial charge is 0.397 e. The summed E-state index contributed by atoms with van der Waals surface area (Å²) in [6, 6.07) is 13.7. The second-order valence-electron chi connectivity index (χ2n) is 3.84. The first-order valence-corrected chi connectivity index (χ1v) is 5.99. The summed E-state index contributed by atoms with van der Waals surface area (Å²) in [5.74, 6) is 0. The molecule has 0 saturated carbocycles. The van der Waals surface area contributed by atoms with Gasteiger partial charge >= 0.3 is 0 Å². The Labute approximate surface area is 106 Å². The van der Waals surface area contributed by atoms with E-state index < -0.39 is 0 Å². The molecule has 0 unspecified atom stereocenters. The van der Waals surface area contributed by atoms with Crippen LogP contribution >= 0.6 is 11.6 Å². The molecular weight excluding hydrogens is 232 g/mol. The molecule has 2 nitrogen and oxygen atoms in total. The smallest absolute Gasteiger partial charge is 0.0807 e. The zero-order chi connectivity index (χ0) is 12.3. The molecule has 0 bridgehead atoms. The molecule has 2 aromatic carbocycles. The van der Waals surface area contributed by atoms with E-state index in [0.29, 0.717) is 10.7 Å². The number of nitrogens with one attached hydrogen (secondary N) is 1. The van der Waals surface area contributed by atoms with E-state index in [1.54, 1.807) is 0 Å². The van der Waals surface area contributed by atoms with Crippen LogP contribution in [0.15, 0.2) is 42.5 Å². The van der Waals surface area contributed by atoms with Gasteiger partial charge in [0.15, 0.2) is 0 Å². The van der Waals surface area contributed by atoms with Crippen molar-refractivity contribution in [3.8, 4) is 0 Å². The van der Waals surface area contributed by atoms with Crippen LogP contribution in [0.25, 0.3) is 0 Å². The molecule has 88 valence electrons. The minimum atomic E-state index is 0.635. The number of halogens is 1. The van der Waals surface area contributed by atoms with Gasteiger partial charge in [-0.05, 0) is 30.2 Å². The molecule has 17 heavy (non-hydrogen) atoms. The van der Waals surface area contributed by atoms with Crippen LogP contribution in [0.1, 0.15) is 12.5 Å². The fourth-order valence-corrected chi connectivity index (χ4v) is 1.99. The van der Waals surface area contributed by atoms with E-state index >= 15 is 0 Å². The normalized spacial score (nSPS) is 10.2. The van der Waals surface area contributed by atoms with Crippen molar-refractivity contribution in [3.63, 3.8) is 0 Å². The maximum absolute atomic E-state index is 6.13. The summed E-state index contributed by atoms with van der Waals surface area (Å²) in [7, 11) is 0. The highest BCUT2D eigenvalue weighted by Crippen LogP contribution is 2.32. The lowest BCUT2D eigenvalue weighted by molar-refractivity contribution is 1.14. The Morgan fingerprint density at radius 3 is 2.59 bits per heavy atom. The summed E-state index contributed by atoms with van der Waals surface area (Å²) < 4.78 is 0. The summed E-state index contributed by atoms with van der Waals surface area (Å²) in [6.45, 7) is 2.12. The molecular formula is C14H15ClN2. The predicted molar refractivity (Wildman–Crippen MR) is 75.0 cm³/mol. The van der Waals surface area contributed by atoms with Crippen LogP contribution in [0, 0.1) is 0 Å². The summed E-state index contributed by atoms with van der Waals surface area (Å²) >= 11 is 6.13. The molecule has 0 aliphatic rings. The molecule has 0 fully saturated rings. The van der Waals surface area contributed by atoms with Gasteiger partial charge < -0.3 is 11.1 Å². The summed E-state index contributed by atoms with van der Waals surface area (Å²) in [5, 5.41) is 3.94. The standard InChI is InChI=1S/C14H15ClN2/c1-2-10-6-3-4-9-13(10)17-14-11(15)7-5-8-12(14)16/h3-9,17H,2,16H2,1H3. The Kier molecular flexibility index (Phi) is 3.55. The van der Waals surface area contributed by atoms with Gasteiger partial charge in [0.2, 0.25) is 0 Å². The quantitative estimate of drug-likeness (QED) is 0.796. The zero-order valence-corrected chi connectivity index (χ0v) is 10.5. The van der Waals surface area contributed by atoms with Crippen LogP contribution in [0.3, 0.4) is 0 Å². The number of nitrogen functional groups attached to an aromatic ring is 1. The van der Waals surface area contributed by atoms with E-state index in [2.05, 4.69) is 18.3 Å². The third kappa shape index (κ3) is 2.53. The van der Waals surface area contributed by atoms with Gasteiger partial charge in [0.1, 0.15) is 0 Å². The Morgan fingerprint density at radius 1 is 1.12 bits per heavy atom. The van der Waals surface area contributed by atoms with Gasteiger partial charge in [-0.2, -0.15) is 0 Å². The number of hydrogen-bond donors (Lipinski definition) is 2. The van der Waals surface area contributed by atoms with Crippen molar-refractivity contribution in [1.29, 1.82) is 0 Å². The highest BCUT2D eigenvalue weighted by molar-refractivity contribution is 6.34. The van der Waals surface area contributed by atoms with E-state index in [1.807, 2.05) is 36.4 Å². The first kappa shape index (κ1) is 11.8. The maximum Gasteiger partial charge on any atom is 0.0807 e. The average molecular weight is 247 g/mol. The van der Waals surface area contributed by atoms with Gasteiger partial charge in [-0.3, -0.25) is 0 Å². The topological polar surface area (TPSA) is 38.0 Å². The van der Waals surface area contributed by atoms with Crippen molar-refractivity contribution < 1.29 is 0 Å². The number of hydrogen-bond acceptors (Lipinski definition) is 2. The molecule has 0 amide bonds. The van der Waals surface area contributed by atoms with Gasteiger partial charge in [-0.25, -0.2) is 0 Å². The van der Waals surface area contributed by atoms with Crippen molar-refractivity contribution in [2.45, 2.75) is 13.3 Å². The van der Waals surface area contributed by atoms with Crippen LogP contribution in [0.4, 0.5) is 17.1 Å². The highest BCUT2D eigenvalue weighted by atomic mass is 35.5. The molecule has 3 N–H and O–H groups in total. The summed E-state index contributed by atoms with van der Waals surface area (Å²) in [5.41, 5.74) is 9.64. The minimum Gasteiger partial charge on any atom is -0.397 e. The van der Waals surface area contributed by atoms with Crippen molar-refractivity contribution in [2.75, 3.05) is 11.1 Å². The average Bonchev–Trinajstić information content (AvgIpc) is 2.34. The van der Waals surface area contributed by atoms with Crippen LogP contribution in [0.5, 0.6) is 0 Å². The molecule has 0 aromatic heterocycles. The second kappa shape index (κ2) is 5.11. The first-order valence-electron chi connectivity index (χ1n) is 5.61. The van der Waals surface area contributed by atoms with Crippen LogP contribution < -0.4 is 11.1 Å². The Hall–Kier alpha value is -1.67. The molecule has 0 heterocycles. The molecule has 0 spiro atoms. The van der Waals surface area contributed by atoms with Crippen LogP contribution in [0.2, 0.25) is 5.02 Å². The fraction of sp³-hybridized carbons (Fsp3) is 0.143. The monoisotopic (exact) mass is 246 g/mol. The molecule has 0 aliphatic carbocycles. The Bertz CT molecular complexity index is 503. The van der Waals surface area contributed by atoms with E-state index in [9.17, 15) is 0 Å². The fourth-order valence-electron chi connectivity index (χ4n) is 1.76. The van der Waals surface area contributed by atoms with E-state index in [-0.39, 0.29) is 0 Å². The number of para-hydroxylation sites is 2. The first-order chi connectivity index (χ1) is 8.22. The van der Waals surface area contributed by atoms with E-state index in [0.717, 1.165) is 17.8 Å². The maximum atomic E-state index is 6.13. The molecule has 0 aliphatic heterocycles. The summed E-state index contributed by atoms with van der Waals surface area (Å²) in [6.07, 6.45) is 0.966. The van der Waals surface area contributed by atoms with Crippen LogP contribution in [-0.2, 0) is 6.42 Å². The molecule has 2 rings (SSSR count). The third-order valence-corrected chi connectivity index (χ3v) is 3.02. The van der Waals surface area contributed by atoms with Gasteiger partial charge in [0.25, 0.3) is 0 Å². The lowest BCUT2D eigenvalue weighted by Crippen LogP contribution is -1.99. The van der Waals surface area contributed by atoms with Gasteiger partial charge in [-0.15, -0.1) is 0 Å². The lowest BCUT2D eigenvalue weighted by atomic mass is 10.1. The predicted octanol–water partition coefficient (Wildman–Crippen LogP) is 4.23. The van der Waals surface area contributed by atoms with Gasteiger partial charge in [-0.1, -0.05) is 42.8 Å². The van der Waals surface area contributed by atoms with Crippen molar-refractivity contribution in [2.24, 2.45) is 0 Å². The summed E-state index contributed by atoms with van der Waals surface area (Å²) in [4.78, 5) is 0. The van der Waals surface area contributed by atoms with E-state index in [1.165, 1.54) is 5.56 Å². The Morgan fingerprint density at radius 2 is 1.88 bits per heavy atom. The second-order valence-corrected chi connectivity index (χ2v) is 4.25. The highest BCUT2D eigenvalue weighted by Gasteiger charge is 2.06. The van der Waals surface area contributed by atoms with Gasteiger partial charge in [0, 0.05) is 5.69 Å². The number of nitrogens with two attached hydrogens (primary N) is 1. The van der Waals surface area contributed by atoms with Gasteiger partial charge in [0.05, 0.1) is 16.4 Å². The van der Waals surface area contributed by atoms with Crippen molar-refractivity contribution >= 4 is 28.7 Å². The molecule has 2 aromatic rings. The zero-order valence-electron chi connectivity index (χ0n) is 9.70. The molecule has 0 radical (unpaired) electrons. The lowest BCUT2D eigenvalue weighted by Gasteiger charge is -2.14.